The summed E-state index contributed by atoms with van der Waals surface area (Å²) in [5.74, 6) is -1.95. The average molecular weight is 422 g/mol. The maximum atomic E-state index is 13.8. The van der Waals surface area contributed by atoms with E-state index in [2.05, 4.69) is 15.0 Å². The fourth-order valence-electron chi connectivity index (χ4n) is 3.70. The molecule has 0 radical (unpaired) electrons. The summed E-state index contributed by atoms with van der Waals surface area (Å²) >= 11 is 0. The molecule has 1 aliphatic heterocycles. The minimum Gasteiger partial charge on any atom is -0.494 e. The maximum absolute atomic E-state index is 13.8. The first-order valence-corrected chi connectivity index (χ1v) is 9.62. The predicted octanol–water partition coefficient (Wildman–Crippen LogP) is 4.96. The fourth-order valence-corrected chi connectivity index (χ4v) is 3.70. The van der Waals surface area contributed by atoms with Crippen molar-refractivity contribution < 1.29 is 17.9 Å². The van der Waals surface area contributed by atoms with Crippen molar-refractivity contribution in [1.82, 2.24) is 15.0 Å². The lowest BCUT2D eigenvalue weighted by Crippen LogP contribution is -2.56. The summed E-state index contributed by atoms with van der Waals surface area (Å²) in [6.45, 7) is -0.865. The van der Waals surface area contributed by atoms with E-state index in [-0.39, 0.29) is 5.82 Å². The first-order valence-electron chi connectivity index (χ1n) is 9.62. The van der Waals surface area contributed by atoms with Crippen molar-refractivity contribution in [3.63, 3.8) is 0 Å². The number of alkyl halides is 2. The molecule has 3 heterocycles. The van der Waals surface area contributed by atoms with Gasteiger partial charge >= 0.3 is 0 Å². The Balaban J connectivity index is 1.76. The molecule has 5 nitrogen and oxygen atoms in total. The molecular formula is C23H17F3N4O. The van der Waals surface area contributed by atoms with Gasteiger partial charge < -0.3 is 9.64 Å². The molecule has 0 N–H and O–H groups in total. The van der Waals surface area contributed by atoms with Crippen LogP contribution < -0.4 is 9.64 Å². The molecule has 1 saturated heterocycles. The molecule has 0 amide bonds. The molecule has 0 unspecified atom stereocenters. The SMILES string of the molecule is COc1cc(-c2cccc(F)c2)cc2c(N3CC(F)(F)C3)nc(-c3cccnc3)nc12. The number of pyridine rings is 1. The van der Waals surface area contributed by atoms with Crippen molar-refractivity contribution in [3.8, 4) is 28.3 Å². The average Bonchev–Trinajstić information content (AvgIpc) is 2.76. The van der Waals surface area contributed by atoms with Crippen molar-refractivity contribution in [2.45, 2.75) is 5.92 Å². The van der Waals surface area contributed by atoms with E-state index in [0.29, 0.717) is 45.0 Å². The Morgan fingerprint density at radius 2 is 1.77 bits per heavy atom. The molecule has 0 aliphatic carbocycles. The van der Waals surface area contributed by atoms with Crippen molar-refractivity contribution in [2.75, 3.05) is 25.1 Å². The van der Waals surface area contributed by atoms with E-state index in [1.54, 1.807) is 48.8 Å². The highest BCUT2D eigenvalue weighted by Gasteiger charge is 2.45. The van der Waals surface area contributed by atoms with Gasteiger partial charge in [-0.2, -0.15) is 0 Å². The van der Waals surface area contributed by atoms with Crippen molar-refractivity contribution >= 4 is 16.7 Å². The van der Waals surface area contributed by atoms with Crippen molar-refractivity contribution in [3.05, 3.63) is 66.7 Å². The number of benzene rings is 2. The quantitative estimate of drug-likeness (QED) is 0.465. The van der Waals surface area contributed by atoms with Gasteiger partial charge in [-0.05, 0) is 47.5 Å². The van der Waals surface area contributed by atoms with Crippen LogP contribution in [0.3, 0.4) is 0 Å². The number of hydrogen-bond donors (Lipinski definition) is 0. The molecule has 2 aromatic heterocycles. The zero-order valence-electron chi connectivity index (χ0n) is 16.5. The summed E-state index contributed by atoms with van der Waals surface area (Å²) in [4.78, 5) is 14.9. The third-order valence-electron chi connectivity index (χ3n) is 5.19. The van der Waals surface area contributed by atoms with Crippen LogP contribution in [-0.4, -0.2) is 41.1 Å². The lowest BCUT2D eigenvalue weighted by Gasteiger charge is -2.40. The van der Waals surface area contributed by atoms with Gasteiger partial charge in [-0.25, -0.2) is 23.1 Å². The smallest absolute Gasteiger partial charge is 0.282 e. The number of anilines is 1. The number of rotatable bonds is 4. The van der Waals surface area contributed by atoms with Gasteiger partial charge in [-0.15, -0.1) is 0 Å². The molecule has 0 spiro atoms. The number of nitrogens with zero attached hydrogens (tertiary/aromatic N) is 4. The van der Waals surface area contributed by atoms with Crippen LogP contribution in [0.25, 0.3) is 33.4 Å². The highest BCUT2D eigenvalue weighted by Crippen LogP contribution is 2.40. The van der Waals surface area contributed by atoms with Gasteiger partial charge in [0.15, 0.2) is 5.82 Å². The number of methoxy groups -OCH3 is 1. The summed E-state index contributed by atoms with van der Waals surface area (Å²) in [5, 5.41) is 0.557. The molecule has 31 heavy (non-hydrogen) atoms. The van der Waals surface area contributed by atoms with E-state index in [0.717, 1.165) is 0 Å². The van der Waals surface area contributed by atoms with Gasteiger partial charge in [0.1, 0.15) is 22.9 Å². The minimum absolute atomic E-state index is 0.364. The van der Waals surface area contributed by atoms with Crippen LogP contribution in [0.1, 0.15) is 0 Å². The predicted molar refractivity (Wildman–Crippen MR) is 112 cm³/mol. The Hall–Kier alpha value is -3.68. The lowest BCUT2D eigenvalue weighted by molar-refractivity contribution is -0.0265. The molecule has 4 aromatic rings. The standard InChI is InChI=1S/C23H17F3N4O/c1-31-19-10-16(14-4-2-6-17(24)8-14)9-18-20(19)28-21(15-5-3-7-27-11-15)29-22(18)30-12-23(25,26)13-30/h2-11H,12-13H2,1H3. The Bertz CT molecular complexity index is 1270. The van der Waals surface area contributed by atoms with E-state index >= 15 is 0 Å². The molecule has 1 fully saturated rings. The van der Waals surface area contributed by atoms with Crippen LogP contribution in [0.5, 0.6) is 5.75 Å². The maximum Gasteiger partial charge on any atom is 0.282 e. The fraction of sp³-hybridized carbons (Fsp3) is 0.174. The van der Waals surface area contributed by atoms with Crippen molar-refractivity contribution in [1.29, 1.82) is 0 Å². The summed E-state index contributed by atoms with van der Waals surface area (Å²) in [5.41, 5.74) is 2.46. The number of ether oxygens (including phenoxy) is 1. The van der Waals surface area contributed by atoms with Gasteiger partial charge in [-0.3, -0.25) is 4.98 Å². The third kappa shape index (κ3) is 3.54. The molecule has 2 aromatic carbocycles. The second kappa shape index (κ2) is 7.23. The Labute approximate surface area is 176 Å². The normalized spacial score (nSPS) is 15.0. The topological polar surface area (TPSA) is 51.1 Å². The van der Waals surface area contributed by atoms with Gasteiger partial charge in [0.25, 0.3) is 5.92 Å². The van der Waals surface area contributed by atoms with E-state index in [9.17, 15) is 13.2 Å². The molecule has 0 bridgehead atoms. The van der Waals surface area contributed by atoms with Gasteiger partial charge in [0, 0.05) is 23.3 Å². The van der Waals surface area contributed by atoms with E-state index in [1.165, 1.54) is 24.1 Å². The number of hydrogen-bond acceptors (Lipinski definition) is 5. The summed E-state index contributed by atoms with van der Waals surface area (Å²) < 4.78 is 46.7. The zero-order valence-corrected chi connectivity index (χ0v) is 16.5. The number of aromatic nitrogens is 3. The third-order valence-corrected chi connectivity index (χ3v) is 5.19. The van der Waals surface area contributed by atoms with Crippen LogP contribution in [0.4, 0.5) is 19.0 Å². The highest BCUT2D eigenvalue weighted by molar-refractivity contribution is 5.98. The monoisotopic (exact) mass is 422 g/mol. The van der Waals surface area contributed by atoms with Crippen LogP contribution in [0.15, 0.2) is 60.9 Å². The zero-order chi connectivity index (χ0) is 21.6. The first-order chi connectivity index (χ1) is 14.9. The number of halogens is 3. The van der Waals surface area contributed by atoms with Crippen LogP contribution in [-0.2, 0) is 0 Å². The molecule has 156 valence electrons. The van der Waals surface area contributed by atoms with Crippen LogP contribution in [0, 0.1) is 5.82 Å². The van der Waals surface area contributed by atoms with Crippen LogP contribution in [0.2, 0.25) is 0 Å². The molecule has 0 saturated carbocycles. The summed E-state index contributed by atoms with van der Waals surface area (Å²) in [6, 6.07) is 13.2. The number of fused-ring (bicyclic) bond motifs is 1. The van der Waals surface area contributed by atoms with Gasteiger partial charge in [-0.1, -0.05) is 12.1 Å². The first kappa shape index (κ1) is 19.3. The highest BCUT2D eigenvalue weighted by atomic mass is 19.3. The Morgan fingerprint density at radius 1 is 0.968 bits per heavy atom. The minimum atomic E-state index is -2.77. The molecule has 0 atom stereocenters. The van der Waals surface area contributed by atoms with E-state index in [1.807, 2.05) is 0 Å². The summed E-state index contributed by atoms with van der Waals surface area (Å²) in [6.07, 6.45) is 3.25. The van der Waals surface area contributed by atoms with E-state index < -0.39 is 19.0 Å². The Morgan fingerprint density at radius 3 is 2.45 bits per heavy atom. The van der Waals surface area contributed by atoms with Gasteiger partial charge in [0.05, 0.1) is 20.2 Å². The molecule has 8 heteroatoms. The second-order valence-corrected chi connectivity index (χ2v) is 7.41. The van der Waals surface area contributed by atoms with Crippen molar-refractivity contribution in [2.24, 2.45) is 0 Å². The Kier molecular flexibility index (Phi) is 4.50. The van der Waals surface area contributed by atoms with Gasteiger partial charge in [0.2, 0.25) is 0 Å². The largest absolute Gasteiger partial charge is 0.494 e. The molecular weight excluding hydrogens is 405 g/mol. The lowest BCUT2D eigenvalue weighted by atomic mass is 10.0. The molecule has 5 rings (SSSR count). The second-order valence-electron chi connectivity index (χ2n) is 7.41. The van der Waals surface area contributed by atoms with E-state index in [4.69, 9.17) is 4.74 Å². The molecule has 1 aliphatic rings. The summed E-state index contributed by atoms with van der Waals surface area (Å²) in [7, 11) is 1.51. The van der Waals surface area contributed by atoms with Crippen LogP contribution >= 0.6 is 0 Å².